The summed E-state index contributed by atoms with van der Waals surface area (Å²) in [5.41, 5.74) is 11.6. The van der Waals surface area contributed by atoms with Crippen LogP contribution in [0.25, 0.3) is 16.7 Å². The number of aromatic nitrogens is 2. The minimum absolute atomic E-state index is 0.0227. The maximum atomic E-state index is 11.5. The molecule has 0 aliphatic heterocycles. The van der Waals surface area contributed by atoms with Crippen molar-refractivity contribution in [2.24, 2.45) is 5.73 Å². The lowest BCUT2D eigenvalue weighted by Crippen LogP contribution is -2.39. The van der Waals surface area contributed by atoms with Gasteiger partial charge in [0.05, 0.1) is 27.7 Å². The maximum absolute atomic E-state index is 11.5. The third-order valence-electron chi connectivity index (χ3n) is 4.76. The largest absolute Gasteiger partial charge is 0.320 e. The number of nitrogens with two attached hydrogens (primary N) is 1. The molecule has 1 heterocycles. The molecule has 28 heavy (non-hydrogen) atoms. The molecule has 0 saturated carbocycles. The molecule has 0 spiro atoms. The first-order valence-electron chi connectivity index (χ1n) is 8.74. The highest BCUT2D eigenvalue weighted by molar-refractivity contribution is 5.81. The number of nitro groups is 1. The van der Waals surface area contributed by atoms with Crippen molar-refractivity contribution in [3.05, 3.63) is 63.5 Å². The molecule has 9 heteroatoms. The molecule has 0 saturated heterocycles. The highest BCUT2D eigenvalue weighted by atomic mass is 16.6. The van der Waals surface area contributed by atoms with E-state index in [0.717, 1.165) is 22.2 Å². The van der Waals surface area contributed by atoms with Crippen LogP contribution in [-0.2, 0) is 11.2 Å². The van der Waals surface area contributed by atoms with E-state index in [-0.39, 0.29) is 12.1 Å². The van der Waals surface area contributed by atoms with Gasteiger partial charge in [0, 0.05) is 18.6 Å². The Morgan fingerprint density at radius 1 is 1.32 bits per heavy atom. The molecular weight excluding hydrogens is 362 g/mol. The lowest BCUT2D eigenvalue weighted by molar-refractivity contribution is -0.384. The number of imidazole rings is 1. The molecule has 146 valence electrons. The smallest absolute Gasteiger partial charge is 0.271 e. The Labute approximate surface area is 160 Å². The molecule has 0 aliphatic carbocycles. The van der Waals surface area contributed by atoms with E-state index in [9.17, 15) is 14.9 Å². The summed E-state index contributed by atoms with van der Waals surface area (Å²) in [4.78, 5) is 26.9. The zero-order chi connectivity index (χ0) is 20.4. The van der Waals surface area contributed by atoms with Gasteiger partial charge in [-0.25, -0.2) is 10.5 Å². The van der Waals surface area contributed by atoms with Gasteiger partial charge in [0.2, 0.25) is 0 Å². The van der Waals surface area contributed by atoms with E-state index < -0.39 is 16.9 Å². The van der Waals surface area contributed by atoms with E-state index >= 15 is 0 Å². The van der Waals surface area contributed by atoms with Gasteiger partial charge in [0.15, 0.2) is 0 Å². The molecule has 0 radical (unpaired) electrons. The molecule has 0 unspecified atom stereocenters. The van der Waals surface area contributed by atoms with Crippen LogP contribution in [0.3, 0.4) is 0 Å². The predicted octanol–water partition coefficient (Wildman–Crippen LogP) is 2.32. The van der Waals surface area contributed by atoms with Crippen LogP contribution >= 0.6 is 0 Å². The van der Waals surface area contributed by atoms with E-state index in [1.165, 1.54) is 12.1 Å². The van der Waals surface area contributed by atoms with Crippen molar-refractivity contribution in [3.8, 4) is 5.69 Å². The van der Waals surface area contributed by atoms with E-state index in [1.54, 1.807) is 17.6 Å². The fourth-order valence-corrected chi connectivity index (χ4v) is 3.08. The van der Waals surface area contributed by atoms with Crippen molar-refractivity contribution in [2.75, 3.05) is 0 Å². The standard InChI is InChI=1S/C19H21N5O4/c1-11-8-16-17(9-12(11)2)23(13-4-3-5-14(10-13)24(27)28)18(21-16)7-6-15(20)19(25)22-26/h3-5,8-10,15,26H,6-7,20H2,1-2H3,(H,22,25)/t15-/m0/s1. The average Bonchev–Trinajstić information content (AvgIpc) is 3.02. The lowest BCUT2D eigenvalue weighted by atomic mass is 10.1. The van der Waals surface area contributed by atoms with Gasteiger partial charge in [-0.15, -0.1) is 0 Å². The summed E-state index contributed by atoms with van der Waals surface area (Å²) in [6.45, 7) is 3.98. The lowest BCUT2D eigenvalue weighted by Gasteiger charge is -2.12. The van der Waals surface area contributed by atoms with E-state index in [1.807, 2.05) is 30.5 Å². The van der Waals surface area contributed by atoms with Gasteiger partial charge in [-0.1, -0.05) is 6.07 Å². The van der Waals surface area contributed by atoms with E-state index in [4.69, 9.17) is 10.9 Å². The molecule has 1 atom stereocenters. The Kier molecular flexibility index (Phi) is 5.39. The third-order valence-corrected chi connectivity index (χ3v) is 4.76. The number of carbonyl (C=O) groups excluding carboxylic acids is 1. The molecule has 0 fully saturated rings. The first-order valence-corrected chi connectivity index (χ1v) is 8.74. The summed E-state index contributed by atoms with van der Waals surface area (Å²) < 4.78 is 1.85. The summed E-state index contributed by atoms with van der Waals surface area (Å²) in [7, 11) is 0. The van der Waals surface area contributed by atoms with Crippen LogP contribution in [0.2, 0.25) is 0 Å². The highest BCUT2D eigenvalue weighted by Gasteiger charge is 2.19. The Morgan fingerprint density at radius 3 is 2.71 bits per heavy atom. The Bertz CT molecular complexity index is 1060. The summed E-state index contributed by atoms with van der Waals surface area (Å²) in [5.74, 6) is -0.0496. The Hall–Kier alpha value is -3.30. The number of hydrogen-bond acceptors (Lipinski definition) is 6. The van der Waals surface area contributed by atoms with Crippen LogP contribution in [-0.4, -0.2) is 31.6 Å². The Morgan fingerprint density at radius 2 is 2.04 bits per heavy atom. The number of rotatable bonds is 6. The molecule has 1 amide bonds. The zero-order valence-corrected chi connectivity index (χ0v) is 15.5. The monoisotopic (exact) mass is 383 g/mol. The quantitative estimate of drug-likeness (QED) is 0.339. The molecule has 0 aliphatic rings. The van der Waals surface area contributed by atoms with Crippen LogP contribution in [0.1, 0.15) is 23.4 Å². The van der Waals surface area contributed by atoms with Gasteiger partial charge in [0.1, 0.15) is 5.82 Å². The van der Waals surface area contributed by atoms with Crippen LogP contribution in [0, 0.1) is 24.0 Å². The van der Waals surface area contributed by atoms with E-state index in [0.29, 0.717) is 17.9 Å². The fraction of sp³-hybridized carbons (Fsp3) is 0.263. The number of nitrogens with zero attached hydrogens (tertiary/aromatic N) is 3. The number of fused-ring (bicyclic) bond motifs is 1. The number of hydroxylamine groups is 1. The van der Waals surface area contributed by atoms with Crippen LogP contribution < -0.4 is 11.2 Å². The normalized spacial score (nSPS) is 12.1. The van der Waals surface area contributed by atoms with Gasteiger partial charge in [-0.3, -0.25) is 24.7 Å². The Balaban J connectivity index is 2.12. The van der Waals surface area contributed by atoms with E-state index in [2.05, 4.69) is 4.98 Å². The SMILES string of the molecule is Cc1cc2nc(CC[C@H](N)C(=O)NO)n(-c3cccc([N+](=O)[O-])c3)c2cc1C. The predicted molar refractivity (Wildman–Crippen MR) is 103 cm³/mol. The van der Waals surface area contributed by atoms with Gasteiger partial charge < -0.3 is 5.73 Å². The second-order valence-corrected chi connectivity index (χ2v) is 6.69. The van der Waals surface area contributed by atoms with Crippen molar-refractivity contribution in [1.29, 1.82) is 0 Å². The second kappa shape index (κ2) is 7.75. The van der Waals surface area contributed by atoms with Gasteiger partial charge >= 0.3 is 0 Å². The highest BCUT2D eigenvalue weighted by Crippen LogP contribution is 2.27. The average molecular weight is 383 g/mol. The van der Waals surface area contributed by atoms with Crippen LogP contribution in [0.5, 0.6) is 0 Å². The zero-order valence-electron chi connectivity index (χ0n) is 15.5. The van der Waals surface area contributed by atoms with Gasteiger partial charge in [0.25, 0.3) is 11.6 Å². The van der Waals surface area contributed by atoms with Crippen molar-refractivity contribution in [2.45, 2.75) is 32.7 Å². The van der Waals surface area contributed by atoms with Crippen molar-refractivity contribution in [3.63, 3.8) is 0 Å². The van der Waals surface area contributed by atoms with Crippen LogP contribution in [0.15, 0.2) is 36.4 Å². The van der Waals surface area contributed by atoms with Crippen molar-refractivity contribution in [1.82, 2.24) is 15.0 Å². The summed E-state index contributed by atoms with van der Waals surface area (Å²) in [6, 6.07) is 9.36. The van der Waals surface area contributed by atoms with Crippen LogP contribution in [0.4, 0.5) is 5.69 Å². The molecule has 0 bridgehead atoms. The molecule has 4 N–H and O–H groups in total. The number of carbonyl (C=O) groups is 1. The number of aryl methyl sites for hydroxylation is 3. The van der Waals surface area contributed by atoms with Crippen molar-refractivity contribution < 1.29 is 14.9 Å². The number of nitrogens with one attached hydrogen (secondary N) is 1. The molecular formula is C19H21N5O4. The summed E-state index contributed by atoms with van der Waals surface area (Å²) in [5, 5.41) is 19.9. The van der Waals surface area contributed by atoms with Crippen molar-refractivity contribution >= 4 is 22.6 Å². The van der Waals surface area contributed by atoms with Gasteiger partial charge in [-0.05, 0) is 49.6 Å². The summed E-state index contributed by atoms with van der Waals surface area (Å²) >= 11 is 0. The number of benzene rings is 2. The third kappa shape index (κ3) is 3.71. The molecule has 2 aromatic carbocycles. The molecule has 3 aromatic rings. The van der Waals surface area contributed by atoms with Gasteiger partial charge in [-0.2, -0.15) is 0 Å². The minimum atomic E-state index is -0.896. The second-order valence-electron chi connectivity index (χ2n) is 6.69. The minimum Gasteiger partial charge on any atom is -0.320 e. The molecule has 1 aromatic heterocycles. The first-order chi connectivity index (χ1) is 13.3. The number of nitro benzene ring substituents is 1. The number of hydrogen-bond donors (Lipinski definition) is 3. The number of amides is 1. The first kappa shape index (κ1) is 19.5. The molecule has 3 rings (SSSR count). The number of non-ortho nitro benzene ring substituents is 1. The summed E-state index contributed by atoms with van der Waals surface area (Å²) in [6.07, 6.45) is 0.604. The fourth-order valence-electron chi connectivity index (χ4n) is 3.08. The topological polar surface area (TPSA) is 136 Å². The molecule has 9 nitrogen and oxygen atoms in total. The maximum Gasteiger partial charge on any atom is 0.271 e.